The molecule has 8 heteroatoms. The minimum atomic E-state index is -0.460. The van der Waals surface area contributed by atoms with E-state index in [2.05, 4.69) is 31.2 Å². The number of rotatable bonds is 4. The van der Waals surface area contributed by atoms with Gasteiger partial charge in [0.1, 0.15) is 5.52 Å². The maximum Gasteiger partial charge on any atom is 0.296 e. The van der Waals surface area contributed by atoms with Crippen LogP contribution in [0.4, 0.5) is 11.4 Å². The van der Waals surface area contributed by atoms with Crippen LogP contribution in [0.15, 0.2) is 39.7 Å². The number of H-pyrrole nitrogens is 1. The van der Waals surface area contributed by atoms with Crippen molar-refractivity contribution in [3.8, 4) is 0 Å². The van der Waals surface area contributed by atoms with Crippen LogP contribution < -0.4 is 10.9 Å². The largest absolute Gasteiger partial charge is 0.380 e. The molecule has 128 valence electrons. The summed E-state index contributed by atoms with van der Waals surface area (Å²) >= 11 is 3.30. The number of benzene rings is 1. The number of fused-ring (bicyclic) bond motifs is 1. The lowest BCUT2D eigenvalue weighted by atomic mass is 10.1. The zero-order valence-corrected chi connectivity index (χ0v) is 15.2. The second-order valence-electron chi connectivity index (χ2n) is 5.73. The fourth-order valence-corrected chi connectivity index (χ4v) is 3.23. The predicted molar refractivity (Wildman–Crippen MR) is 100.0 cm³/mol. The van der Waals surface area contributed by atoms with Crippen LogP contribution >= 0.6 is 15.9 Å². The van der Waals surface area contributed by atoms with Crippen molar-refractivity contribution in [3.63, 3.8) is 0 Å². The SMILES string of the molecule is Cc1cc(C)c(CNc2ccnc3c([N+](=O)[O-])cc(Br)cc23)c(=O)[nH]1. The summed E-state index contributed by atoms with van der Waals surface area (Å²) in [5, 5.41) is 15.1. The summed E-state index contributed by atoms with van der Waals surface area (Å²) in [6.45, 7) is 4.02. The van der Waals surface area contributed by atoms with E-state index in [9.17, 15) is 14.9 Å². The van der Waals surface area contributed by atoms with E-state index in [4.69, 9.17) is 0 Å². The number of nitro groups is 1. The number of aryl methyl sites for hydroxylation is 2. The monoisotopic (exact) mass is 402 g/mol. The van der Waals surface area contributed by atoms with Crippen LogP contribution in [0.5, 0.6) is 0 Å². The molecule has 0 amide bonds. The lowest BCUT2D eigenvalue weighted by Gasteiger charge is -2.11. The molecule has 0 unspecified atom stereocenters. The number of aromatic nitrogens is 2. The van der Waals surface area contributed by atoms with Crippen LogP contribution in [0.2, 0.25) is 0 Å². The van der Waals surface area contributed by atoms with Crippen molar-refractivity contribution < 1.29 is 4.92 Å². The first-order valence-electron chi connectivity index (χ1n) is 7.52. The van der Waals surface area contributed by atoms with Crippen molar-refractivity contribution in [1.82, 2.24) is 9.97 Å². The van der Waals surface area contributed by atoms with E-state index in [1.807, 2.05) is 19.9 Å². The molecule has 1 aromatic carbocycles. The zero-order chi connectivity index (χ0) is 18.1. The maximum atomic E-state index is 12.1. The third-order valence-corrected chi connectivity index (χ3v) is 4.39. The van der Waals surface area contributed by atoms with Gasteiger partial charge in [0.2, 0.25) is 0 Å². The second-order valence-corrected chi connectivity index (χ2v) is 6.65. The Labute approximate surface area is 151 Å². The fourth-order valence-electron chi connectivity index (χ4n) is 2.78. The van der Waals surface area contributed by atoms with Gasteiger partial charge >= 0.3 is 0 Å². The molecular weight excluding hydrogens is 388 g/mol. The van der Waals surface area contributed by atoms with Crippen LogP contribution in [0.3, 0.4) is 0 Å². The van der Waals surface area contributed by atoms with Gasteiger partial charge in [0.05, 0.1) is 4.92 Å². The van der Waals surface area contributed by atoms with Crippen molar-refractivity contribution in [2.45, 2.75) is 20.4 Å². The van der Waals surface area contributed by atoms with Gasteiger partial charge < -0.3 is 10.3 Å². The summed E-state index contributed by atoms with van der Waals surface area (Å²) in [4.78, 5) is 29.9. The minimum absolute atomic E-state index is 0.0719. The first kappa shape index (κ1) is 17.1. The molecule has 0 aliphatic heterocycles. The number of halogens is 1. The van der Waals surface area contributed by atoms with E-state index < -0.39 is 4.92 Å². The van der Waals surface area contributed by atoms with Crippen molar-refractivity contribution >= 4 is 38.2 Å². The summed E-state index contributed by atoms with van der Waals surface area (Å²) in [6, 6.07) is 6.83. The highest BCUT2D eigenvalue weighted by Gasteiger charge is 2.17. The highest BCUT2D eigenvalue weighted by atomic mass is 79.9. The number of non-ortho nitro benzene ring substituents is 1. The highest BCUT2D eigenvalue weighted by molar-refractivity contribution is 9.10. The standard InChI is InChI=1S/C17H15BrN4O3/c1-9-5-10(2)21-17(23)13(9)8-20-14-3-4-19-16-12(14)6-11(18)7-15(16)22(24)25/h3-7H,8H2,1-2H3,(H,19,20)(H,21,23). The molecule has 2 heterocycles. The van der Waals surface area contributed by atoms with E-state index in [1.54, 1.807) is 12.1 Å². The summed E-state index contributed by atoms with van der Waals surface area (Å²) in [6.07, 6.45) is 1.51. The van der Waals surface area contributed by atoms with Gasteiger partial charge in [-0.25, -0.2) is 4.98 Å². The zero-order valence-electron chi connectivity index (χ0n) is 13.6. The number of nitrogens with zero attached hydrogens (tertiary/aromatic N) is 2. The van der Waals surface area contributed by atoms with Crippen molar-refractivity contribution in [1.29, 1.82) is 0 Å². The van der Waals surface area contributed by atoms with Crippen molar-refractivity contribution in [3.05, 3.63) is 72.2 Å². The number of nitro benzene ring substituents is 1. The Hall–Kier alpha value is -2.74. The summed E-state index contributed by atoms with van der Waals surface area (Å²) in [5.41, 5.74) is 3.08. The summed E-state index contributed by atoms with van der Waals surface area (Å²) in [5.74, 6) is 0. The molecule has 0 spiro atoms. The summed E-state index contributed by atoms with van der Waals surface area (Å²) < 4.78 is 0.590. The maximum absolute atomic E-state index is 12.1. The lowest BCUT2D eigenvalue weighted by Crippen LogP contribution is -2.18. The molecule has 25 heavy (non-hydrogen) atoms. The molecule has 0 aliphatic rings. The molecule has 0 bridgehead atoms. The van der Waals surface area contributed by atoms with Crippen LogP contribution in [-0.4, -0.2) is 14.9 Å². The second kappa shape index (κ2) is 6.64. The fraction of sp³-hybridized carbons (Fsp3) is 0.176. The van der Waals surface area contributed by atoms with Gasteiger partial charge in [0.25, 0.3) is 11.2 Å². The van der Waals surface area contributed by atoms with Gasteiger partial charge in [-0.05, 0) is 37.6 Å². The van der Waals surface area contributed by atoms with Gasteiger partial charge in [0.15, 0.2) is 0 Å². The number of anilines is 1. The van der Waals surface area contributed by atoms with E-state index >= 15 is 0 Å². The highest BCUT2D eigenvalue weighted by Crippen LogP contribution is 2.32. The molecule has 0 radical (unpaired) electrons. The van der Waals surface area contributed by atoms with Gasteiger partial charge in [0, 0.05) is 45.6 Å². The third-order valence-electron chi connectivity index (χ3n) is 3.94. The Kier molecular flexibility index (Phi) is 4.54. The smallest absolute Gasteiger partial charge is 0.296 e. The number of pyridine rings is 2. The molecule has 3 rings (SSSR count). The summed E-state index contributed by atoms with van der Waals surface area (Å²) in [7, 11) is 0. The molecule has 0 aliphatic carbocycles. The Bertz CT molecular complexity index is 1050. The molecule has 0 saturated carbocycles. The molecule has 2 aromatic heterocycles. The minimum Gasteiger partial charge on any atom is -0.380 e. The molecule has 0 fully saturated rings. The Morgan fingerprint density at radius 2 is 2.08 bits per heavy atom. The average Bonchev–Trinajstić information content (AvgIpc) is 2.53. The predicted octanol–water partition coefficient (Wildman–Crippen LogP) is 3.82. The first-order valence-corrected chi connectivity index (χ1v) is 8.32. The molecule has 2 N–H and O–H groups in total. The van der Waals surface area contributed by atoms with Gasteiger partial charge in [-0.2, -0.15) is 0 Å². The van der Waals surface area contributed by atoms with Crippen molar-refractivity contribution in [2.24, 2.45) is 0 Å². The molecule has 3 aromatic rings. The Morgan fingerprint density at radius 3 is 2.76 bits per heavy atom. The van der Waals surface area contributed by atoms with Gasteiger partial charge in [-0.15, -0.1) is 0 Å². The normalized spacial score (nSPS) is 10.8. The van der Waals surface area contributed by atoms with E-state index in [1.165, 1.54) is 12.3 Å². The van der Waals surface area contributed by atoms with Gasteiger partial charge in [-0.3, -0.25) is 14.9 Å². The van der Waals surface area contributed by atoms with Crippen LogP contribution in [0.25, 0.3) is 10.9 Å². The molecule has 0 atom stereocenters. The van der Waals surface area contributed by atoms with E-state index in [0.29, 0.717) is 33.2 Å². The number of aromatic amines is 1. The first-order chi connectivity index (χ1) is 11.9. The average molecular weight is 403 g/mol. The lowest BCUT2D eigenvalue weighted by molar-refractivity contribution is -0.383. The Morgan fingerprint density at radius 1 is 1.32 bits per heavy atom. The van der Waals surface area contributed by atoms with E-state index in [-0.39, 0.29) is 11.2 Å². The van der Waals surface area contributed by atoms with Crippen LogP contribution in [0.1, 0.15) is 16.8 Å². The van der Waals surface area contributed by atoms with E-state index in [0.717, 1.165) is 11.3 Å². The molecule has 0 saturated heterocycles. The third kappa shape index (κ3) is 3.39. The van der Waals surface area contributed by atoms with Crippen LogP contribution in [-0.2, 0) is 6.54 Å². The number of nitrogens with one attached hydrogen (secondary N) is 2. The topological polar surface area (TPSA) is 101 Å². The number of hydrogen-bond donors (Lipinski definition) is 2. The van der Waals surface area contributed by atoms with Crippen molar-refractivity contribution in [2.75, 3.05) is 5.32 Å². The Balaban J connectivity index is 2.03. The van der Waals surface area contributed by atoms with Crippen LogP contribution in [0, 0.1) is 24.0 Å². The number of hydrogen-bond acceptors (Lipinski definition) is 5. The quantitative estimate of drug-likeness (QED) is 0.510. The van der Waals surface area contributed by atoms with Gasteiger partial charge in [-0.1, -0.05) is 15.9 Å². The molecule has 7 nitrogen and oxygen atoms in total. The molecular formula is C17H15BrN4O3.